The number of hydrogen-bond donors (Lipinski definition) is 2. The van der Waals surface area contributed by atoms with E-state index in [2.05, 4.69) is 15.4 Å². The van der Waals surface area contributed by atoms with Crippen molar-refractivity contribution >= 4 is 5.69 Å². The molecule has 1 aliphatic rings. The van der Waals surface area contributed by atoms with Crippen molar-refractivity contribution in [1.82, 2.24) is 9.99 Å². The topological polar surface area (TPSA) is 57.6 Å². The van der Waals surface area contributed by atoms with Gasteiger partial charge in [0.1, 0.15) is 0 Å². The van der Waals surface area contributed by atoms with E-state index >= 15 is 0 Å². The van der Waals surface area contributed by atoms with Crippen molar-refractivity contribution in [3.63, 3.8) is 0 Å². The van der Waals surface area contributed by atoms with Crippen molar-refractivity contribution < 1.29 is 9.84 Å². The van der Waals surface area contributed by atoms with Crippen LogP contribution in [0.2, 0.25) is 0 Å². The van der Waals surface area contributed by atoms with E-state index < -0.39 is 0 Å². The number of hydrazine groups is 1. The number of hydrogen-bond acceptors (Lipinski definition) is 5. The summed E-state index contributed by atoms with van der Waals surface area (Å²) in [5.41, 5.74) is 6.78. The van der Waals surface area contributed by atoms with Crippen LogP contribution >= 0.6 is 0 Å². The molecule has 0 saturated heterocycles. The molecule has 0 fully saturated rings. The van der Waals surface area contributed by atoms with E-state index in [-0.39, 0.29) is 5.75 Å². The Morgan fingerprint density at radius 3 is 2.81 bits per heavy atom. The largest absolute Gasteiger partial charge is 0.504 e. The number of pyridine rings is 1. The molecule has 0 amide bonds. The molecule has 0 radical (unpaired) electrons. The highest BCUT2D eigenvalue weighted by molar-refractivity contribution is 5.47. The number of methoxy groups -OCH3 is 1. The van der Waals surface area contributed by atoms with Crippen molar-refractivity contribution in [3.8, 4) is 11.5 Å². The normalized spacial score (nSPS) is 15.1. The van der Waals surface area contributed by atoms with Gasteiger partial charge in [0, 0.05) is 25.5 Å². The Morgan fingerprint density at radius 1 is 1.24 bits per heavy atom. The molecule has 5 heteroatoms. The van der Waals surface area contributed by atoms with Gasteiger partial charge in [0.25, 0.3) is 0 Å². The molecule has 3 rings (SSSR count). The van der Waals surface area contributed by atoms with Crippen LogP contribution in [0.25, 0.3) is 0 Å². The Labute approximate surface area is 124 Å². The molecule has 1 aromatic heterocycles. The second-order valence-corrected chi connectivity index (χ2v) is 5.17. The number of benzene rings is 1. The van der Waals surface area contributed by atoms with Gasteiger partial charge in [0.2, 0.25) is 0 Å². The van der Waals surface area contributed by atoms with Gasteiger partial charge in [-0.05, 0) is 48.2 Å². The summed E-state index contributed by atoms with van der Waals surface area (Å²) in [6.45, 7) is 1.69. The molecule has 2 aromatic rings. The van der Waals surface area contributed by atoms with Gasteiger partial charge >= 0.3 is 0 Å². The number of nitrogens with one attached hydrogen (secondary N) is 1. The zero-order valence-corrected chi connectivity index (χ0v) is 12.0. The molecular weight excluding hydrogens is 266 g/mol. The maximum Gasteiger partial charge on any atom is 0.160 e. The number of aromatic nitrogens is 1. The molecule has 0 aliphatic carbocycles. The molecule has 0 unspecified atom stereocenters. The minimum atomic E-state index is 0.196. The molecule has 1 aliphatic heterocycles. The Kier molecular flexibility index (Phi) is 3.92. The first kappa shape index (κ1) is 13.7. The highest BCUT2D eigenvalue weighted by Gasteiger charge is 2.17. The van der Waals surface area contributed by atoms with Crippen LogP contribution < -0.4 is 10.2 Å². The van der Waals surface area contributed by atoms with E-state index in [0.29, 0.717) is 5.75 Å². The smallest absolute Gasteiger partial charge is 0.160 e. The second kappa shape index (κ2) is 6.01. The lowest BCUT2D eigenvalue weighted by Gasteiger charge is -2.22. The van der Waals surface area contributed by atoms with Crippen LogP contribution in [0.3, 0.4) is 0 Å². The Morgan fingerprint density at radius 2 is 2.05 bits per heavy atom. The van der Waals surface area contributed by atoms with Crippen LogP contribution in [-0.4, -0.2) is 28.8 Å². The van der Waals surface area contributed by atoms with Crippen LogP contribution in [0.4, 0.5) is 5.69 Å². The average Bonchev–Trinajstić information content (AvgIpc) is 2.68. The molecule has 2 heterocycles. The molecule has 0 spiro atoms. The minimum absolute atomic E-state index is 0.196. The van der Waals surface area contributed by atoms with E-state index in [1.807, 2.05) is 18.2 Å². The lowest BCUT2D eigenvalue weighted by atomic mass is 10.0. The zero-order valence-electron chi connectivity index (χ0n) is 12.0. The highest BCUT2D eigenvalue weighted by Crippen LogP contribution is 2.32. The molecule has 2 N–H and O–H groups in total. The lowest BCUT2D eigenvalue weighted by Crippen LogP contribution is -2.29. The summed E-state index contributed by atoms with van der Waals surface area (Å²) in [6, 6.07) is 7.63. The number of phenols is 1. The Hall–Kier alpha value is -2.27. The van der Waals surface area contributed by atoms with Crippen LogP contribution in [0.5, 0.6) is 11.5 Å². The van der Waals surface area contributed by atoms with Gasteiger partial charge in [-0.25, -0.2) is 5.01 Å². The number of anilines is 1. The van der Waals surface area contributed by atoms with E-state index in [1.54, 1.807) is 25.6 Å². The average molecular weight is 285 g/mol. The van der Waals surface area contributed by atoms with Crippen molar-refractivity contribution in [2.45, 2.75) is 19.4 Å². The third kappa shape index (κ3) is 3.08. The van der Waals surface area contributed by atoms with Crippen molar-refractivity contribution in [1.29, 1.82) is 0 Å². The first-order chi connectivity index (χ1) is 10.3. The van der Waals surface area contributed by atoms with Gasteiger partial charge in [-0.15, -0.1) is 0 Å². The first-order valence-corrected chi connectivity index (χ1v) is 7.06. The number of nitrogens with zero attached hydrogens (tertiary/aromatic N) is 2. The van der Waals surface area contributed by atoms with Gasteiger partial charge in [0.05, 0.1) is 12.8 Å². The second-order valence-electron chi connectivity index (χ2n) is 5.17. The molecule has 0 atom stereocenters. The summed E-state index contributed by atoms with van der Waals surface area (Å²) in [6.07, 6.45) is 5.58. The Bertz CT molecular complexity index is 616. The van der Waals surface area contributed by atoms with Gasteiger partial charge in [0.15, 0.2) is 11.5 Å². The minimum Gasteiger partial charge on any atom is -0.504 e. The van der Waals surface area contributed by atoms with Crippen LogP contribution in [0.15, 0.2) is 36.7 Å². The van der Waals surface area contributed by atoms with Gasteiger partial charge in [-0.3, -0.25) is 4.98 Å². The summed E-state index contributed by atoms with van der Waals surface area (Å²) >= 11 is 0. The van der Waals surface area contributed by atoms with Crippen LogP contribution in [0, 0.1) is 0 Å². The molecule has 21 heavy (non-hydrogen) atoms. The molecule has 0 saturated carbocycles. The zero-order chi connectivity index (χ0) is 14.7. The van der Waals surface area contributed by atoms with E-state index in [1.165, 1.54) is 5.56 Å². The summed E-state index contributed by atoms with van der Waals surface area (Å²) < 4.78 is 5.19. The number of rotatable bonds is 3. The summed E-state index contributed by atoms with van der Waals surface area (Å²) in [5.74, 6) is 0.742. The fraction of sp³-hybridized carbons (Fsp3) is 0.312. The number of aromatic hydroxyl groups is 1. The van der Waals surface area contributed by atoms with Gasteiger partial charge < -0.3 is 15.3 Å². The predicted molar refractivity (Wildman–Crippen MR) is 81.2 cm³/mol. The molecule has 1 aromatic carbocycles. The fourth-order valence-electron chi connectivity index (χ4n) is 2.65. The molecule has 0 bridgehead atoms. The van der Waals surface area contributed by atoms with Crippen LogP contribution in [-0.2, 0) is 13.0 Å². The number of phenolic OH excluding ortho intramolecular Hbond substituents is 1. The van der Waals surface area contributed by atoms with E-state index in [4.69, 9.17) is 4.74 Å². The van der Waals surface area contributed by atoms with E-state index in [0.717, 1.165) is 37.2 Å². The first-order valence-electron chi connectivity index (χ1n) is 7.06. The SMILES string of the molecule is COc1cc2c(cc1O)CN(Nc1ccncc1)CCC2. The molecule has 5 nitrogen and oxygen atoms in total. The number of aryl methyl sites for hydroxylation is 1. The van der Waals surface area contributed by atoms with Gasteiger partial charge in [-0.2, -0.15) is 0 Å². The number of fused-ring (bicyclic) bond motifs is 1. The van der Waals surface area contributed by atoms with Gasteiger partial charge in [-0.1, -0.05) is 0 Å². The number of ether oxygens (including phenoxy) is 1. The van der Waals surface area contributed by atoms with Crippen molar-refractivity contribution in [3.05, 3.63) is 47.8 Å². The highest BCUT2D eigenvalue weighted by atomic mass is 16.5. The standard InChI is InChI=1S/C16H19N3O2/c1-21-16-10-12-3-2-8-19(11-13(12)9-15(16)20)18-14-4-6-17-7-5-14/h4-7,9-10,20H,2-3,8,11H2,1H3,(H,17,18). The maximum atomic E-state index is 9.96. The third-order valence-electron chi connectivity index (χ3n) is 3.70. The summed E-state index contributed by atoms with van der Waals surface area (Å²) in [7, 11) is 1.58. The van der Waals surface area contributed by atoms with Crippen molar-refractivity contribution in [2.24, 2.45) is 0 Å². The quantitative estimate of drug-likeness (QED) is 0.907. The monoisotopic (exact) mass is 285 g/mol. The van der Waals surface area contributed by atoms with Crippen molar-refractivity contribution in [2.75, 3.05) is 19.1 Å². The molecular formula is C16H19N3O2. The maximum absolute atomic E-state index is 9.96. The van der Waals surface area contributed by atoms with E-state index in [9.17, 15) is 5.11 Å². The molecule has 110 valence electrons. The summed E-state index contributed by atoms with van der Waals surface area (Å²) in [4.78, 5) is 4.02. The fourth-order valence-corrected chi connectivity index (χ4v) is 2.65. The van der Waals surface area contributed by atoms with Crippen LogP contribution in [0.1, 0.15) is 17.5 Å². The Balaban J connectivity index is 1.81. The lowest BCUT2D eigenvalue weighted by molar-refractivity contribution is 0.326. The summed E-state index contributed by atoms with van der Waals surface area (Å²) in [5, 5.41) is 12.1. The third-order valence-corrected chi connectivity index (χ3v) is 3.70. The predicted octanol–water partition coefficient (Wildman–Crippen LogP) is 2.57.